The van der Waals surface area contributed by atoms with Crippen LogP contribution in [0.15, 0.2) is 61.2 Å². The average molecular weight is 950 g/mol. The maximum atomic E-state index is 13.7. The van der Waals surface area contributed by atoms with Crippen LogP contribution in [0.1, 0.15) is 100 Å². The fourth-order valence-corrected chi connectivity index (χ4v) is 8.97. The van der Waals surface area contributed by atoms with Crippen LogP contribution in [0.4, 0.5) is 13.6 Å². The Balaban J connectivity index is 0.000000185. The third kappa shape index (κ3) is 9.56. The molecule has 4 N–H and O–H groups in total. The van der Waals surface area contributed by atoms with Crippen LogP contribution in [0, 0.1) is 11.6 Å². The van der Waals surface area contributed by atoms with Gasteiger partial charge in [-0.2, -0.15) is 10.2 Å². The Labute approximate surface area is 396 Å². The van der Waals surface area contributed by atoms with Crippen LogP contribution in [0.25, 0.3) is 66.9 Å². The molecule has 2 aliphatic rings. The van der Waals surface area contributed by atoms with E-state index in [4.69, 9.17) is 14.7 Å². The first-order valence-corrected chi connectivity index (χ1v) is 22.4. The number of ether oxygens (including phenoxy) is 1. The lowest BCUT2D eigenvalue weighted by atomic mass is 9.83. The van der Waals surface area contributed by atoms with Gasteiger partial charge in [0.1, 0.15) is 51.0 Å². The molecule has 1 aliphatic heterocycles. The van der Waals surface area contributed by atoms with Crippen LogP contribution in [-0.4, -0.2) is 102 Å². The monoisotopic (exact) mass is 949 g/mol. The van der Waals surface area contributed by atoms with E-state index in [1.165, 1.54) is 30.7 Å². The Morgan fingerprint density at radius 1 is 0.691 bits per heavy atom. The molecule has 1 saturated heterocycles. The highest BCUT2D eigenvalue weighted by atomic mass is 35.5. The molecule has 6 aromatic heterocycles. The number of aromatic nitrogens is 10. The Hall–Kier alpha value is -7.02. The van der Waals surface area contributed by atoms with Crippen molar-refractivity contribution in [2.75, 3.05) is 13.1 Å². The minimum Gasteiger partial charge on any atom is -0.444 e. The number of piperidine rings is 1. The summed E-state index contributed by atoms with van der Waals surface area (Å²) >= 11 is 0. The van der Waals surface area contributed by atoms with Gasteiger partial charge in [0.15, 0.2) is 11.3 Å². The van der Waals surface area contributed by atoms with Gasteiger partial charge in [0.25, 0.3) is 11.8 Å². The van der Waals surface area contributed by atoms with E-state index in [0.717, 1.165) is 36.5 Å². The number of H-pyrrole nitrogens is 2. The minimum absolute atomic E-state index is 0. The Kier molecular flexibility index (Phi) is 12.7. The van der Waals surface area contributed by atoms with Gasteiger partial charge < -0.3 is 30.2 Å². The van der Waals surface area contributed by atoms with Crippen LogP contribution in [0.5, 0.6) is 0 Å². The smallest absolute Gasteiger partial charge is 0.410 e. The zero-order valence-electron chi connectivity index (χ0n) is 39.0. The van der Waals surface area contributed by atoms with E-state index in [2.05, 4.69) is 47.7 Å². The number of hydrogen-bond acceptors (Lipinski definition) is 10. The summed E-state index contributed by atoms with van der Waals surface area (Å²) in [7, 11) is 3.50. The SMILES string of the molecule is Cl.Cn1nc(-c2cnc3[nH]cc(C(=O)NC4(C)CCCCC4)c3n2)c2ccc(F)cc21.Cn1nc(-c2cnc3[nH]cc(C(=O)NC4(C)CCN(C(=O)OC(C)(C)C)CC4)c3n2)c2ccc(F)cc21. The summed E-state index contributed by atoms with van der Waals surface area (Å²) in [5.74, 6) is -1.10. The second kappa shape index (κ2) is 18.2. The molecule has 0 spiro atoms. The summed E-state index contributed by atoms with van der Waals surface area (Å²) in [6, 6.07) is 8.99. The van der Waals surface area contributed by atoms with Crippen molar-refractivity contribution in [2.45, 2.75) is 96.2 Å². The fraction of sp³-hybridized carbons (Fsp3) is 0.396. The number of carbonyl (C=O) groups excluding carboxylic acids is 3. The zero-order chi connectivity index (χ0) is 47.4. The van der Waals surface area contributed by atoms with Crippen molar-refractivity contribution in [1.82, 2.24) is 65.0 Å². The van der Waals surface area contributed by atoms with Gasteiger partial charge in [0, 0.05) is 61.4 Å². The van der Waals surface area contributed by atoms with E-state index in [1.54, 1.807) is 65.3 Å². The zero-order valence-corrected chi connectivity index (χ0v) is 39.8. The van der Waals surface area contributed by atoms with E-state index in [1.807, 2.05) is 27.7 Å². The van der Waals surface area contributed by atoms with E-state index < -0.39 is 11.1 Å². The number of nitrogens with one attached hydrogen (secondary N) is 4. The molecule has 68 heavy (non-hydrogen) atoms. The van der Waals surface area contributed by atoms with Crippen molar-refractivity contribution in [3.8, 4) is 22.8 Å². The molecule has 2 aromatic carbocycles. The molecule has 356 valence electrons. The summed E-state index contributed by atoms with van der Waals surface area (Å²) in [5, 5.41) is 16.9. The van der Waals surface area contributed by atoms with E-state index >= 15 is 0 Å². The van der Waals surface area contributed by atoms with Gasteiger partial charge in [-0.3, -0.25) is 19.0 Å². The number of fused-ring (bicyclic) bond motifs is 4. The van der Waals surface area contributed by atoms with E-state index in [0.29, 0.717) is 93.2 Å². The first-order valence-electron chi connectivity index (χ1n) is 22.4. The third-order valence-corrected chi connectivity index (χ3v) is 12.7. The highest BCUT2D eigenvalue weighted by Gasteiger charge is 2.36. The number of benzene rings is 2. The summed E-state index contributed by atoms with van der Waals surface area (Å²) in [6.07, 6.45) is 12.7. The molecule has 1 saturated carbocycles. The van der Waals surface area contributed by atoms with Gasteiger partial charge >= 0.3 is 6.09 Å². The molecule has 0 atom stereocenters. The summed E-state index contributed by atoms with van der Waals surface area (Å²) in [5.41, 5.74) is 5.03. The average Bonchev–Trinajstić information content (AvgIpc) is 4.06. The molecule has 17 nitrogen and oxygen atoms in total. The van der Waals surface area contributed by atoms with Crippen molar-refractivity contribution in [3.63, 3.8) is 0 Å². The van der Waals surface area contributed by atoms with Gasteiger partial charge in [-0.05, 0) is 96.7 Å². The van der Waals surface area contributed by atoms with Crippen LogP contribution < -0.4 is 10.6 Å². The van der Waals surface area contributed by atoms with Crippen molar-refractivity contribution in [2.24, 2.45) is 14.1 Å². The molecular weight excluding hydrogens is 896 g/mol. The van der Waals surface area contributed by atoms with E-state index in [-0.39, 0.29) is 47.5 Å². The quantitative estimate of drug-likeness (QED) is 0.125. The number of aromatic amines is 2. The maximum Gasteiger partial charge on any atom is 0.410 e. The first-order chi connectivity index (χ1) is 31.9. The molecule has 1 aliphatic carbocycles. The largest absolute Gasteiger partial charge is 0.444 e. The summed E-state index contributed by atoms with van der Waals surface area (Å²) in [4.78, 5) is 64.8. The van der Waals surface area contributed by atoms with Crippen LogP contribution >= 0.6 is 12.4 Å². The van der Waals surface area contributed by atoms with Gasteiger partial charge in [-0.25, -0.2) is 33.5 Å². The number of amides is 3. The van der Waals surface area contributed by atoms with Crippen molar-refractivity contribution < 1.29 is 27.9 Å². The molecule has 2 fully saturated rings. The predicted octanol–water partition coefficient (Wildman–Crippen LogP) is 8.70. The molecule has 20 heteroatoms. The summed E-state index contributed by atoms with van der Waals surface area (Å²) < 4.78 is 36.1. The van der Waals surface area contributed by atoms with Crippen molar-refractivity contribution >= 4 is 74.4 Å². The lowest BCUT2D eigenvalue weighted by Crippen LogP contribution is -2.54. The first kappa shape index (κ1) is 47.5. The second-order valence-corrected chi connectivity index (χ2v) is 19.1. The fourth-order valence-electron chi connectivity index (χ4n) is 8.97. The Morgan fingerprint density at radius 2 is 1.13 bits per heavy atom. The van der Waals surface area contributed by atoms with Gasteiger partial charge in [0.05, 0.1) is 34.6 Å². The predicted molar refractivity (Wildman–Crippen MR) is 256 cm³/mol. The Bertz CT molecular complexity index is 3210. The van der Waals surface area contributed by atoms with Gasteiger partial charge in [-0.1, -0.05) is 19.3 Å². The number of aryl methyl sites for hydroxylation is 2. The molecular formula is C48H54ClF2N13O4. The van der Waals surface area contributed by atoms with Crippen molar-refractivity contribution in [1.29, 1.82) is 0 Å². The van der Waals surface area contributed by atoms with Crippen LogP contribution in [0.2, 0.25) is 0 Å². The maximum absolute atomic E-state index is 13.7. The number of nitrogens with zero attached hydrogens (tertiary/aromatic N) is 9. The van der Waals surface area contributed by atoms with Crippen LogP contribution in [0.3, 0.4) is 0 Å². The van der Waals surface area contributed by atoms with Gasteiger partial charge in [-0.15, -0.1) is 12.4 Å². The number of rotatable bonds is 6. The number of likely N-dealkylation sites (tertiary alicyclic amines) is 1. The van der Waals surface area contributed by atoms with Crippen LogP contribution in [-0.2, 0) is 18.8 Å². The molecule has 0 bridgehead atoms. The van der Waals surface area contributed by atoms with E-state index in [9.17, 15) is 23.2 Å². The Morgan fingerprint density at radius 3 is 1.57 bits per heavy atom. The second-order valence-electron chi connectivity index (χ2n) is 19.1. The minimum atomic E-state index is -0.557. The lowest BCUT2D eigenvalue weighted by Gasteiger charge is -2.40. The topological polar surface area (TPSA) is 207 Å². The molecule has 0 unspecified atom stereocenters. The molecule has 8 aromatic rings. The third-order valence-electron chi connectivity index (χ3n) is 12.7. The molecule has 10 rings (SSSR count). The highest BCUT2D eigenvalue weighted by Crippen LogP contribution is 2.32. The standard InChI is InChI=1S/C26H30FN7O3.C22H23FN6O.ClH/c1-25(2,3)37-24(36)34-10-8-26(4,9-11-34)31-23(35)17-13-28-22-21(17)30-18(14-29-22)20-16-7-6-15(27)12-19(16)33(5)32-20;1-22(8-4-3-5-9-22)27-21(30)15-11-24-20-19(15)26-16(12-25-20)18-14-7-6-13(23)10-17(14)29(2)28-18;/h6-7,12-14H,8-11H2,1-5H3,(H,28,29)(H,31,35);6-7,10-12H,3-5,8-9H2,1-2H3,(H,24,25)(H,27,30);1H. The van der Waals surface area contributed by atoms with Gasteiger partial charge in [0.2, 0.25) is 0 Å². The number of halogens is 3. The lowest BCUT2D eigenvalue weighted by molar-refractivity contribution is 0.0160. The summed E-state index contributed by atoms with van der Waals surface area (Å²) in [6.45, 7) is 10.6. The van der Waals surface area contributed by atoms with Crippen molar-refractivity contribution in [3.05, 3.63) is 83.9 Å². The molecule has 3 amide bonds. The molecule has 7 heterocycles. The highest BCUT2D eigenvalue weighted by molar-refractivity contribution is 6.06. The molecule has 0 radical (unpaired) electrons. The number of hydrogen-bond donors (Lipinski definition) is 4. The number of carbonyl (C=O) groups is 3. The normalized spacial score (nSPS) is 15.8.